The van der Waals surface area contributed by atoms with Crippen LogP contribution in [0.15, 0.2) is 36.9 Å². The molecule has 5 nitrogen and oxygen atoms in total. The summed E-state index contributed by atoms with van der Waals surface area (Å²) in [7, 11) is 0. The number of pyridine rings is 1. The normalized spacial score (nSPS) is 10.7. The molecule has 0 saturated heterocycles. The number of carbonyl (C=O) groups is 2. The topological polar surface area (TPSA) is 78.6 Å². The Bertz CT molecular complexity index is 706. The first-order valence-corrected chi connectivity index (χ1v) is 5.39. The molecule has 3 aromatic heterocycles. The molecule has 18 heavy (non-hydrogen) atoms. The second kappa shape index (κ2) is 3.96. The van der Waals surface area contributed by atoms with Gasteiger partial charge in [0, 0.05) is 35.2 Å². The number of aromatic nitrogens is 3. The summed E-state index contributed by atoms with van der Waals surface area (Å²) in [5, 5.41) is 1.01. The van der Waals surface area contributed by atoms with Crippen molar-refractivity contribution < 1.29 is 9.59 Å². The Morgan fingerprint density at radius 3 is 3.00 bits per heavy atom. The first-order valence-electron chi connectivity index (χ1n) is 5.39. The average molecular weight is 239 g/mol. The van der Waals surface area contributed by atoms with E-state index in [-0.39, 0.29) is 0 Å². The minimum atomic E-state index is -0.539. The number of ketones is 1. The monoisotopic (exact) mass is 239 g/mol. The van der Waals surface area contributed by atoms with Gasteiger partial charge in [0.2, 0.25) is 5.78 Å². The molecule has 88 valence electrons. The van der Waals surface area contributed by atoms with Crippen LogP contribution in [0.5, 0.6) is 0 Å². The summed E-state index contributed by atoms with van der Waals surface area (Å²) < 4.78 is 0. The van der Waals surface area contributed by atoms with E-state index in [4.69, 9.17) is 0 Å². The summed E-state index contributed by atoms with van der Waals surface area (Å²) in [6.07, 6.45) is 6.95. The summed E-state index contributed by atoms with van der Waals surface area (Å²) in [5.41, 5.74) is 2.72. The maximum atomic E-state index is 11.5. The molecule has 0 aromatic carbocycles. The van der Waals surface area contributed by atoms with Crippen molar-refractivity contribution in [3.63, 3.8) is 0 Å². The van der Waals surface area contributed by atoms with Crippen LogP contribution in [-0.4, -0.2) is 27.0 Å². The molecule has 0 bridgehead atoms. The number of hydrogen-bond donors (Lipinski definition) is 2. The number of H-pyrrole nitrogens is 2. The molecule has 0 aliphatic rings. The predicted molar refractivity (Wildman–Crippen MR) is 66.3 cm³/mol. The van der Waals surface area contributed by atoms with E-state index in [0.29, 0.717) is 17.4 Å². The smallest absolute Gasteiger partial charge is 0.227 e. The fourth-order valence-electron chi connectivity index (χ4n) is 1.97. The zero-order chi connectivity index (χ0) is 12.5. The van der Waals surface area contributed by atoms with Crippen molar-refractivity contribution in [2.75, 3.05) is 0 Å². The van der Waals surface area contributed by atoms with Gasteiger partial charge in [0.15, 0.2) is 6.29 Å². The van der Waals surface area contributed by atoms with Crippen LogP contribution in [0.25, 0.3) is 22.2 Å². The molecule has 0 radical (unpaired) electrons. The number of rotatable bonds is 3. The van der Waals surface area contributed by atoms with E-state index >= 15 is 0 Å². The fourth-order valence-corrected chi connectivity index (χ4v) is 1.97. The van der Waals surface area contributed by atoms with Gasteiger partial charge in [-0.1, -0.05) is 0 Å². The van der Waals surface area contributed by atoms with Gasteiger partial charge < -0.3 is 9.97 Å². The molecular formula is C13H9N3O2. The molecule has 0 atom stereocenters. The Kier molecular flexibility index (Phi) is 2.30. The highest BCUT2D eigenvalue weighted by Crippen LogP contribution is 2.26. The van der Waals surface area contributed by atoms with E-state index in [1.807, 2.05) is 12.1 Å². The Morgan fingerprint density at radius 1 is 1.33 bits per heavy atom. The van der Waals surface area contributed by atoms with E-state index in [0.717, 1.165) is 16.6 Å². The molecule has 0 aliphatic heterocycles. The van der Waals surface area contributed by atoms with Gasteiger partial charge >= 0.3 is 0 Å². The number of aromatic amines is 2. The molecule has 0 unspecified atom stereocenters. The van der Waals surface area contributed by atoms with Crippen LogP contribution in [-0.2, 0) is 4.79 Å². The molecule has 2 N–H and O–H groups in total. The highest BCUT2D eigenvalue weighted by Gasteiger charge is 2.14. The van der Waals surface area contributed by atoms with Crippen molar-refractivity contribution in [2.45, 2.75) is 0 Å². The highest BCUT2D eigenvalue weighted by molar-refractivity contribution is 6.34. The van der Waals surface area contributed by atoms with Crippen molar-refractivity contribution in [3.05, 3.63) is 42.5 Å². The van der Waals surface area contributed by atoms with Gasteiger partial charge in [-0.3, -0.25) is 14.6 Å². The predicted octanol–water partition coefficient (Wildman–Crippen LogP) is 1.94. The van der Waals surface area contributed by atoms with E-state index in [1.165, 1.54) is 6.20 Å². The van der Waals surface area contributed by atoms with Crippen molar-refractivity contribution >= 4 is 23.0 Å². The largest absolute Gasteiger partial charge is 0.366 e. The third-order valence-electron chi connectivity index (χ3n) is 2.83. The van der Waals surface area contributed by atoms with Gasteiger partial charge in [0.25, 0.3) is 0 Å². The Balaban J connectivity index is 2.17. The fraction of sp³-hybridized carbons (Fsp3) is 0. The van der Waals surface area contributed by atoms with Gasteiger partial charge in [-0.05, 0) is 12.1 Å². The highest BCUT2D eigenvalue weighted by atomic mass is 16.2. The molecule has 0 aliphatic carbocycles. The quantitative estimate of drug-likeness (QED) is 0.416. The maximum absolute atomic E-state index is 11.5. The molecule has 5 heteroatoms. The average Bonchev–Trinajstić information content (AvgIpc) is 3.03. The molecular weight excluding hydrogens is 230 g/mol. The van der Waals surface area contributed by atoms with Gasteiger partial charge in [0.05, 0.1) is 17.3 Å². The number of nitrogens with zero attached hydrogens (tertiary/aromatic N) is 1. The second-order valence-electron chi connectivity index (χ2n) is 3.91. The zero-order valence-electron chi connectivity index (χ0n) is 9.31. The van der Waals surface area contributed by atoms with Crippen LogP contribution in [0, 0.1) is 0 Å². The summed E-state index contributed by atoms with van der Waals surface area (Å²) in [6.45, 7) is 0. The number of nitrogens with one attached hydrogen (secondary N) is 2. The molecule has 0 spiro atoms. The third-order valence-corrected chi connectivity index (χ3v) is 2.83. The third kappa shape index (κ3) is 1.53. The minimum absolute atomic E-state index is 0.316. The van der Waals surface area contributed by atoms with Crippen LogP contribution in [0.3, 0.4) is 0 Å². The molecule has 0 amide bonds. The number of aldehydes is 1. The SMILES string of the molecule is O=CC(=O)c1c[nH]cc1-c1cc2ccncc2[nH]1. The van der Waals surface area contributed by atoms with E-state index < -0.39 is 5.78 Å². The van der Waals surface area contributed by atoms with Gasteiger partial charge in [-0.15, -0.1) is 0 Å². The van der Waals surface area contributed by atoms with Crippen molar-refractivity contribution in [1.29, 1.82) is 0 Å². The van der Waals surface area contributed by atoms with E-state index in [1.54, 1.807) is 18.6 Å². The molecule has 3 heterocycles. The van der Waals surface area contributed by atoms with Gasteiger partial charge in [-0.2, -0.15) is 0 Å². The number of carbonyl (C=O) groups excluding carboxylic acids is 2. The van der Waals surface area contributed by atoms with E-state index in [9.17, 15) is 9.59 Å². The lowest BCUT2D eigenvalue weighted by Gasteiger charge is -1.95. The molecule has 0 fully saturated rings. The van der Waals surface area contributed by atoms with Crippen LogP contribution in [0.4, 0.5) is 0 Å². The van der Waals surface area contributed by atoms with Crippen LogP contribution in [0.2, 0.25) is 0 Å². The summed E-state index contributed by atoms with van der Waals surface area (Å²) >= 11 is 0. The standard InChI is InChI=1S/C13H9N3O2/c17-7-13(18)10-5-15-4-9(10)11-3-8-1-2-14-6-12(8)16-11/h1-7,15-16H. The van der Waals surface area contributed by atoms with Crippen molar-refractivity contribution in [3.8, 4) is 11.3 Å². The molecule has 3 aromatic rings. The first kappa shape index (κ1) is 10.5. The molecule has 3 rings (SSSR count). The lowest BCUT2D eigenvalue weighted by Crippen LogP contribution is -1.99. The minimum Gasteiger partial charge on any atom is -0.366 e. The Hall–Kier alpha value is -2.69. The summed E-state index contributed by atoms with van der Waals surface area (Å²) in [4.78, 5) is 32.1. The lowest BCUT2D eigenvalue weighted by molar-refractivity contribution is -0.104. The molecule has 0 saturated carbocycles. The second-order valence-corrected chi connectivity index (χ2v) is 3.91. The van der Waals surface area contributed by atoms with Gasteiger partial charge in [0.1, 0.15) is 0 Å². The van der Waals surface area contributed by atoms with Crippen molar-refractivity contribution in [1.82, 2.24) is 15.0 Å². The van der Waals surface area contributed by atoms with Gasteiger partial charge in [-0.25, -0.2) is 0 Å². The Labute approximate surface area is 102 Å². The van der Waals surface area contributed by atoms with Crippen LogP contribution in [0.1, 0.15) is 10.4 Å². The van der Waals surface area contributed by atoms with Crippen molar-refractivity contribution in [2.24, 2.45) is 0 Å². The summed E-state index contributed by atoms with van der Waals surface area (Å²) in [6, 6.07) is 3.80. The maximum Gasteiger partial charge on any atom is 0.227 e. The first-order chi connectivity index (χ1) is 8.79. The zero-order valence-corrected chi connectivity index (χ0v) is 9.31. The number of Topliss-reactive ketones (excluding diaryl/α,β-unsaturated/α-hetero) is 1. The van der Waals surface area contributed by atoms with Crippen LogP contribution < -0.4 is 0 Å². The Morgan fingerprint density at radius 2 is 2.22 bits per heavy atom. The van der Waals surface area contributed by atoms with Crippen LogP contribution >= 0.6 is 0 Å². The summed E-state index contributed by atoms with van der Waals surface area (Å²) in [5.74, 6) is -0.539. The van der Waals surface area contributed by atoms with E-state index in [2.05, 4.69) is 15.0 Å². The number of fused-ring (bicyclic) bond motifs is 1. The number of hydrogen-bond acceptors (Lipinski definition) is 3. The lowest BCUT2D eigenvalue weighted by atomic mass is 10.1.